The van der Waals surface area contributed by atoms with Gasteiger partial charge in [-0.15, -0.1) is 0 Å². The van der Waals surface area contributed by atoms with Crippen LogP contribution in [0.25, 0.3) is 22.2 Å². The van der Waals surface area contributed by atoms with Crippen LogP contribution in [0.4, 0.5) is 19.0 Å². The van der Waals surface area contributed by atoms with Gasteiger partial charge in [-0.3, -0.25) is 9.78 Å². The zero-order chi connectivity index (χ0) is 23.7. The Balaban J connectivity index is 1.37. The minimum Gasteiger partial charge on any atom is -0.353 e. The molecule has 1 saturated heterocycles. The quantitative estimate of drug-likeness (QED) is 0.442. The van der Waals surface area contributed by atoms with E-state index in [9.17, 15) is 18.0 Å². The molecule has 1 aliphatic heterocycles. The van der Waals surface area contributed by atoms with E-state index >= 15 is 0 Å². The third-order valence-electron chi connectivity index (χ3n) is 5.89. The summed E-state index contributed by atoms with van der Waals surface area (Å²) < 4.78 is 38.4. The number of carbonyl (C=O) groups is 1. The molecule has 0 spiro atoms. The second-order valence-electron chi connectivity index (χ2n) is 7.99. The molecule has 1 fully saturated rings. The molecule has 4 heterocycles. The van der Waals surface area contributed by atoms with Gasteiger partial charge in [0, 0.05) is 55.7 Å². The number of carbonyl (C=O) groups excluding carboxylic acids is 1. The minimum absolute atomic E-state index is 0.103. The molecule has 1 amide bonds. The molecule has 0 N–H and O–H groups in total. The van der Waals surface area contributed by atoms with Crippen LogP contribution >= 0.6 is 0 Å². The third-order valence-corrected chi connectivity index (χ3v) is 5.89. The summed E-state index contributed by atoms with van der Waals surface area (Å²) in [6.07, 6.45) is -0.208. The first-order valence-electron chi connectivity index (χ1n) is 10.8. The van der Waals surface area contributed by atoms with Gasteiger partial charge in [0.1, 0.15) is 5.82 Å². The SMILES string of the molecule is O=C(c1cc(-c2ccncc2)nc2ccccc12)N1CCN(c2ccc(C(F)(F)F)cn2)CC1. The van der Waals surface area contributed by atoms with Crippen molar-refractivity contribution in [1.29, 1.82) is 0 Å². The second-order valence-corrected chi connectivity index (χ2v) is 7.99. The number of benzene rings is 1. The number of aromatic nitrogens is 3. The predicted octanol–water partition coefficient (Wildman–Crippen LogP) is 4.67. The van der Waals surface area contributed by atoms with Gasteiger partial charge in [-0.05, 0) is 36.4 Å². The van der Waals surface area contributed by atoms with Crippen molar-refractivity contribution in [1.82, 2.24) is 19.9 Å². The Morgan fingerprint density at radius 3 is 2.32 bits per heavy atom. The van der Waals surface area contributed by atoms with Crippen molar-refractivity contribution in [2.24, 2.45) is 0 Å². The number of piperazine rings is 1. The highest BCUT2D eigenvalue weighted by Crippen LogP contribution is 2.30. The van der Waals surface area contributed by atoms with E-state index in [0.29, 0.717) is 43.3 Å². The van der Waals surface area contributed by atoms with E-state index in [1.54, 1.807) is 17.3 Å². The summed E-state index contributed by atoms with van der Waals surface area (Å²) in [5.74, 6) is 0.364. The Hall–Kier alpha value is -4.01. The lowest BCUT2D eigenvalue weighted by atomic mass is 10.0. The molecule has 0 aliphatic carbocycles. The summed E-state index contributed by atoms with van der Waals surface area (Å²) in [6.45, 7) is 1.82. The summed E-state index contributed by atoms with van der Waals surface area (Å²) >= 11 is 0. The second kappa shape index (κ2) is 8.74. The molecule has 1 aliphatic rings. The summed E-state index contributed by atoms with van der Waals surface area (Å²) in [6, 6.07) is 15.4. The smallest absolute Gasteiger partial charge is 0.353 e. The monoisotopic (exact) mass is 463 g/mol. The Morgan fingerprint density at radius 1 is 0.912 bits per heavy atom. The third kappa shape index (κ3) is 4.28. The number of hydrogen-bond donors (Lipinski definition) is 0. The van der Waals surface area contributed by atoms with E-state index in [0.717, 1.165) is 28.7 Å². The van der Waals surface area contributed by atoms with Gasteiger partial charge in [0.2, 0.25) is 0 Å². The number of nitrogens with zero attached hydrogens (tertiary/aromatic N) is 5. The number of anilines is 1. The van der Waals surface area contributed by atoms with Crippen molar-refractivity contribution >= 4 is 22.6 Å². The number of para-hydroxylation sites is 1. The zero-order valence-corrected chi connectivity index (χ0v) is 18.0. The normalized spacial score (nSPS) is 14.4. The Morgan fingerprint density at radius 2 is 1.65 bits per heavy atom. The van der Waals surface area contributed by atoms with Crippen molar-refractivity contribution in [3.63, 3.8) is 0 Å². The lowest BCUT2D eigenvalue weighted by Gasteiger charge is -2.35. The Bertz CT molecular complexity index is 1320. The highest BCUT2D eigenvalue weighted by Gasteiger charge is 2.31. The molecule has 0 radical (unpaired) electrons. The van der Waals surface area contributed by atoms with Crippen LogP contribution < -0.4 is 4.90 Å². The molecule has 5 rings (SSSR count). The van der Waals surface area contributed by atoms with E-state index in [-0.39, 0.29) is 5.91 Å². The molecule has 0 saturated carbocycles. The largest absolute Gasteiger partial charge is 0.417 e. The van der Waals surface area contributed by atoms with Gasteiger partial charge in [-0.1, -0.05) is 18.2 Å². The van der Waals surface area contributed by atoms with Crippen LogP contribution in [0.3, 0.4) is 0 Å². The average Bonchev–Trinajstić information content (AvgIpc) is 2.88. The summed E-state index contributed by atoms with van der Waals surface area (Å²) in [7, 11) is 0. The van der Waals surface area contributed by atoms with Gasteiger partial charge in [0.25, 0.3) is 5.91 Å². The fourth-order valence-corrected chi connectivity index (χ4v) is 4.07. The average molecular weight is 463 g/mol. The molecule has 3 aromatic heterocycles. The number of pyridine rings is 3. The highest BCUT2D eigenvalue weighted by molar-refractivity contribution is 6.07. The van der Waals surface area contributed by atoms with Crippen molar-refractivity contribution in [3.05, 3.63) is 84.3 Å². The first-order valence-corrected chi connectivity index (χ1v) is 10.8. The fraction of sp³-hybridized carbons (Fsp3) is 0.200. The van der Waals surface area contributed by atoms with Gasteiger partial charge >= 0.3 is 6.18 Å². The van der Waals surface area contributed by atoms with Gasteiger partial charge in [0.05, 0.1) is 22.3 Å². The molecule has 0 atom stereocenters. The topological polar surface area (TPSA) is 62.2 Å². The Kier molecular flexibility index (Phi) is 5.61. The van der Waals surface area contributed by atoms with Crippen molar-refractivity contribution in [3.8, 4) is 11.3 Å². The number of alkyl halides is 3. The van der Waals surface area contributed by atoms with Crippen LogP contribution in [0.5, 0.6) is 0 Å². The molecule has 0 unspecified atom stereocenters. The van der Waals surface area contributed by atoms with Crippen LogP contribution in [-0.4, -0.2) is 51.9 Å². The maximum Gasteiger partial charge on any atom is 0.417 e. The van der Waals surface area contributed by atoms with E-state index < -0.39 is 11.7 Å². The van der Waals surface area contributed by atoms with Crippen LogP contribution in [0.1, 0.15) is 15.9 Å². The van der Waals surface area contributed by atoms with Crippen LogP contribution in [0.15, 0.2) is 73.2 Å². The maximum absolute atomic E-state index is 13.5. The molecule has 4 aromatic rings. The molecule has 0 bridgehead atoms. The van der Waals surface area contributed by atoms with Crippen molar-refractivity contribution < 1.29 is 18.0 Å². The Labute approximate surface area is 193 Å². The van der Waals surface area contributed by atoms with E-state index in [2.05, 4.69) is 9.97 Å². The summed E-state index contributed by atoms with van der Waals surface area (Å²) in [4.78, 5) is 29.9. The number of rotatable bonds is 3. The fourth-order valence-electron chi connectivity index (χ4n) is 4.07. The number of fused-ring (bicyclic) bond motifs is 1. The number of halogens is 3. The van der Waals surface area contributed by atoms with E-state index in [1.165, 1.54) is 6.07 Å². The van der Waals surface area contributed by atoms with E-state index in [1.807, 2.05) is 47.4 Å². The van der Waals surface area contributed by atoms with Crippen molar-refractivity contribution in [2.75, 3.05) is 31.1 Å². The first kappa shape index (κ1) is 21.8. The molecular formula is C25H20F3N5O. The molecule has 172 valence electrons. The molecule has 1 aromatic carbocycles. The summed E-state index contributed by atoms with van der Waals surface area (Å²) in [5.41, 5.74) is 2.08. The molecular weight excluding hydrogens is 443 g/mol. The molecule has 9 heteroatoms. The van der Waals surface area contributed by atoms with Gasteiger partial charge in [-0.2, -0.15) is 13.2 Å². The van der Waals surface area contributed by atoms with Crippen LogP contribution in [-0.2, 0) is 6.18 Å². The van der Waals surface area contributed by atoms with Gasteiger partial charge in [0.15, 0.2) is 0 Å². The number of hydrogen-bond acceptors (Lipinski definition) is 5. The van der Waals surface area contributed by atoms with Crippen LogP contribution in [0, 0.1) is 0 Å². The van der Waals surface area contributed by atoms with Crippen LogP contribution in [0.2, 0.25) is 0 Å². The van der Waals surface area contributed by atoms with Crippen molar-refractivity contribution in [2.45, 2.75) is 6.18 Å². The molecule has 34 heavy (non-hydrogen) atoms. The lowest BCUT2D eigenvalue weighted by molar-refractivity contribution is -0.137. The first-order chi connectivity index (χ1) is 16.4. The summed E-state index contributed by atoms with van der Waals surface area (Å²) in [5, 5.41) is 0.775. The zero-order valence-electron chi connectivity index (χ0n) is 18.0. The van der Waals surface area contributed by atoms with E-state index in [4.69, 9.17) is 4.98 Å². The van der Waals surface area contributed by atoms with Gasteiger partial charge in [-0.25, -0.2) is 9.97 Å². The minimum atomic E-state index is -4.42. The number of amides is 1. The lowest BCUT2D eigenvalue weighted by Crippen LogP contribution is -2.49. The predicted molar refractivity (Wildman–Crippen MR) is 122 cm³/mol. The maximum atomic E-state index is 13.5. The highest BCUT2D eigenvalue weighted by atomic mass is 19.4. The standard InChI is InChI=1S/C25H20F3N5O/c26-25(27,28)18-5-6-23(30-16-18)32-11-13-33(14-12-32)24(34)20-15-22(17-7-9-29-10-8-17)31-21-4-2-1-3-19(20)21/h1-10,15-16H,11-14H2. The molecule has 6 nitrogen and oxygen atoms in total. The van der Waals surface area contributed by atoms with Gasteiger partial charge < -0.3 is 9.80 Å².